The van der Waals surface area contributed by atoms with Crippen LogP contribution in [-0.2, 0) is 9.59 Å². The van der Waals surface area contributed by atoms with Crippen LogP contribution in [0.15, 0.2) is 24.3 Å². The maximum Gasteiger partial charge on any atom is 0.303 e. The second-order valence-electron chi connectivity index (χ2n) is 3.81. The highest BCUT2D eigenvalue weighted by Gasteiger charge is 2.09. The van der Waals surface area contributed by atoms with Crippen molar-refractivity contribution in [1.29, 1.82) is 5.41 Å². The third-order valence-electron chi connectivity index (χ3n) is 2.38. The van der Waals surface area contributed by atoms with Crippen LogP contribution in [0.1, 0.15) is 18.4 Å². The van der Waals surface area contributed by atoms with E-state index in [1.54, 1.807) is 24.3 Å². The maximum absolute atomic E-state index is 10.8. The number of rotatable bonds is 7. The number of carbonyl (C=O) groups is 2. The SMILES string of the molecule is N=C(N)c1ccc(NC(C=O)CCC(=O)O)cc1. The Morgan fingerprint density at radius 1 is 1.44 bits per heavy atom. The largest absolute Gasteiger partial charge is 0.481 e. The van der Waals surface area contributed by atoms with Crippen molar-refractivity contribution in [2.24, 2.45) is 5.73 Å². The molecule has 1 aromatic carbocycles. The maximum atomic E-state index is 10.8. The molecule has 0 aromatic heterocycles. The summed E-state index contributed by atoms with van der Waals surface area (Å²) in [6, 6.07) is 6.15. The lowest BCUT2D eigenvalue weighted by molar-refractivity contribution is -0.137. The number of nitrogens with one attached hydrogen (secondary N) is 2. The van der Waals surface area contributed by atoms with E-state index in [1.807, 2.05) is 0 Å². The average Bonchev–Trinajstić information content (AvgIpc) is 2.34. The Morgan fingerprint density at radius 3 is 2.50 bits per heavy atom. The molecule has 6 heteroatoms. The Balaban J connectivity index is 2.61. The summed E-state index contributed by atoms with van der Waals surface area (Å²) in [5.74, 6) is -0.963. The van der Waals surface area contributed by atoms with Crippen LogP contribution in [0.5, 0.6) is 0 Å². The number of carbonyl (C=O) groups excluding carboxylic acids is 1. The summed E-state index contributed by atoms with van der Waals surface area (Å²) in [5, 5.41) is 18.7. The second kappa shape index (κ2) is 6.39. The molecule has 0 bridgehead atoms. The fourth-order valence-electron chi connectivity index (χ4n) is 1.41. The van der Waals surface area contributed by atoms with Gasteiger partial charge in [0, 0.05) is 17.7 Å². The van der Waals surface area contributed by atoms with E-state index >= 15 is 0 Å². The molecule has 0 aliphatic rings. The number of anilines is 1. The smallest absolute Gasteiger partial charge is 0.303 e. The summed E-state index contributed by atoms with van der Waals surface area (Å²) in [4.78, 5) is 21.2. The number of aliphatic carboxylic acids is 1. The first-order chi connectivity index (χ1) is 8.52. The van der Waals surface area contributed by atoms with Gasteiger partial charge in [-0.25, -0.2) is 0 Å². The molecule has 18 heavy (non-hydrogen) atoms. The number of carboxylic acid groups (broad SMARTS) is 1. The first-order valence-corrected chi connectivity index (χ1v) is 5.41. The van der Waals surface area contributed by atoms with Crippen molar-refractivity contribution < 1.29 is 14.7 Å². The molecule has 0 fully saturated rings. The predicted molar refractivity (Wildman–Crippen MR) is 67.8 cm³/mol. The van der Waals surface area contributed by atoms with Gasteiger partial charge in [-0.15, -0.1) is 0 Å². The summed E-state index contributed by atoms with van der Waals surface area (Å²) in [6.07, 6.45) is 0.844. The van der Waals surface area contributed by atoms with Crippen molar-refractivity contribution in [3.05, 3.63) is 29.8 Å². The number of hydrogen-bond acceptors (Lipinski definition) is 4. The fraction of sp³-hybridized carbons (Fsp3) is 0.250. The lowest BCUT2D eigenvalue weighted by Gasteiger charge is -2.13. The molecule has 0 radical (unpaired) electrons. The number of hydrogen-bond donors (Lipinski definition) is 4. The highest BCUT2D eigenvalue weighted by molar-refractivity contribution is 5.95. The molecule has 5 N–H and O–H groups in total. The third-order valence-corrected chi connectivity index (χ3v) is 2.38. The molecule has 0 aliphatic carbocycles. The van der Waals surface area contributed by atoms with Gasteiger partial charge in [-0.1, -0.05) is 0 Å². The summed E-state index contributed by atoms with van der Waals surface area (Å²) < 4.78 is 0. The Labute approximate surface area is 104 Å². The molecule has 0 amide bonds. The lowest BCUT2D eigenvalue weighted by atomic mass is 10.1. The Morgan fingerprint density at radius 2 is 2.06 bits per heavy atom. The minimum atomic E-state index is -0.935. The van der Waals surface area contributed by atoms with E-state index in [-0.39, 0.29) is 18.7 Å². The molecule has 0 heterocycles. The van der Waals surface area contributed by atoms with E-state index in [0.717, 1.165) is 0 Å². The summed E-state index contributed by atoms with van der Waals surface area (Å²) in [5.41, 5.74) is 6.59. The molecule has 1 rings (SSSR count). The fourth-order valence-corrected chi connectivity index (χ4v) is 1.41. The molecular formula is C12H15N3O3. The third kappa shape index (κ3) is 4.25. The predicted octanol–water partition coefficient (Wildman–Crippen LogP) is 0.815. The van der Waals surface area contributed by atoms with Crippen molar-refractivity contribution >= 4 is 23.8 Å². The highest BCUT2D eigenvalue weighted by Crippen LogP contribution is 2.11. The van der Waals surface area contributed by atoms with Crippen LogP contribution in [0, 0.1) is 5.41 Å². The van der Waals surface area contributed by atoms with Crippen LogP contribution in [0.4, 0.5) is 5.69 Å². The Hall–Kier alpha value is -2.37. The van der Waals surface area contributed by atoms with Crippen molar-refractivity contribution in [2.45, 2.75) is 18.9 Å². The zero-order valence-electron chi connectivity index (χ0n) is 9.72. The minimum Gasteiger partial charge on any atom is -0.481 e. The van der Waals surface area contributed by atoms with Gasteiger partial charge >= 0.3 is 5.97 Å². The monoisotopic (exact) mass is 249 g/mol. The highest BCUT2D eigenvalue weighted by atomic mass is 16.4. The van der Waals surface area contributed by atoms with Gasteiger partial charge in [0.2, 0.25) is 0 Å². The first-order valence-electron chi connectivity index (χ1n) is 5.41. The van der Waals surface area contributed by atoms with Gasteiger partial charge in [0.1, 0.15) is 12.1 Å². The zero-order chi connectivity index (χ0) is 13.5. The van der Waals surface area contributed by atoms with Crippen molar-refractivity contribution in [1.82, 2.24) is 0 Å². The number of nitrogen functional groups attached to an aromatic ring is 1. The van der Waals surface area contributed by atoms with Crippen LogP contribution >= 0.6 is 0 Å². The molecule has 0 spiro atoms. The van der Waals surface area contributed by atoms with Gasteiger partial charge < -0.3 is 21.0 Å². The van der Waals surface area contributed by atoms with Gasteiger partial charge in [0.05, 0.1) is 6.04 Å². The molecule has 0 saturated heterocycles. The minimum absolute atomic E-state index is 0.0284. The summed E-state index contributed by atoms with van der Waals surface area (Å²) in [7, 11) is 0. The topological polar surface area (TPSA) is 116 Å². The molecule has 1 unspecified atom stereocenters. The molecule has 96 valence electrons. The van der Waals surface area contributed by atoms with Crippen LogP contribution in [0.2, 0.25) is 0 Å². The molecule has 0 saturated carbocycles. The van der Waals surface area contributed by atoms with Gasteiger partial charge in [-0.05, 0) is 30.7 Å². The van der Waals surface area contributed by atoms with Gasteiger partial charge in [-0.3, -0.25) is 10.2 Å². The van der Waals surface area contributed by atoms with E-state index in [9.17, 15) is 9.59 Å². The molecule has 0 aliphatic heterocycles. The van der Waals surface area contributed by atoms with E-state index in [0.29, 0.717) is 17.5 Å². The van der Waals surface area contributed by atoms with E-state index in [2.05, 4.69) is 5.32 Å². The average molecular weight is 249 g/mol. The number of amidine groups is 1. The van der Waals surface area contributed by atoms with E-state index < -0.39 is 12.0 Å². The Bertz CT molecular complexity index is 442. The number of aldehydes is 1. The molecule has 6 nitrogen and oxygen atoms in total. The number of carboxylic acids is 1. The lowest BCUT2D eigenvalue weighted by Crippen LogP contribution is -2.22. The zero-order valence-corrected chi connectivity index (χ0v) is 9.72. The molecule has 1 aromatic rings. The standard InChI is InChI=1S/C12H15N3O3/c13-12(14)8-1-3-9(4-2-8)15-10(7-16)5-6-11(17)18/h1-4,7,10,15H,5-6H2,(H3,13,14)(H,17,18). The van der Waals surface area contributed by atoms with Crippen LogP contribution in [0.3, 0.4) is 0 Å². The summed E-state index contributed by atoms with van der Waals surface area (Å²) >= 11 is 0. The van der Waals surface area contributed by atoms with Crippen LogP contribution < -0.4 is 11.1 Å². The van der Waals surface area contributed by atoms with Crippen molar-refractivity contribution in [2.75, 3.05) is 5.32 Å². The van der Waals surface area contributed by atoms with E-state index in [1.165, 1.54) is 0 Å². The quantitative estimate of drug-likeness (QED) is 0.324. The molecule has 1 atom stereocenters. The number of nitrogens with two attached hydrogens (primary N) is 1. The van der Waals surface area contributed by atoms with Crippen LogP contribution in [0.25, 0.3) is 0 Å². The van der Waals surface area contributed by atoms with Crippen molar-refractivity contribution in [3.8, 4) is 0 Å². The van der Waals surface area contributed by atoms with Crippen LogP contribution in [-0.4, -0.2) is 29.2 Å². The summed E-state index contributed by atoms with van der Waals surface area (Å²) in [6.45, 7) is 0. The Kier molecular flexibility index (Phi) is 4.86. The first kappa shape index (κ1) is 13.7. The molecular weight excluding hydrogens is 234 g/mol. The second-order valence-corrected chi connectivity index (χ2v) is 3.81. The van der Waals surface area contributed by atoms with Gasteiger partial charge in [-0.2, -0.15) is 0 Å². The van der Waals surface area contributed by atoms with Gasteiger partial charge in [0.25, 0.3) is 0 Å². The number of benzene rings is 1. The van der Waals surface area contributed by atoms with E-state index in [4.69, 9.17) is 16.2 Å². The normalized spacial score (nSPS) is 11.6. The van der Waals surface area contributed by atoms with Crippen molar-refractivity contribution in [3.63, 3.8) is 0 Å². The van der Waals surface area contributed by atoms with Gasteiger partial charge in [0.15, 0.2) is 0 Å².